The van der Waals surface area contributed by atoms with E-state index in [-0.39, 0.29) is 12.3 Å². The highest BCUT2D eigenvalue weighted by atomic mass is 16.5. The van der Waals surface area contributed by atoms with Gasteiger partial charge in [0, 0.05) is 23.9 Å². The summed E-state index contributed by atoms with van der Waals surface area (Å²) in [5, 5.41) is 24.1. The van der Waals surface area contributed by atoms with Crippen molar-refractivity contribution in [3.8, 4) is 11.3 Å². The minimum Gasteiger partial charge on any atom is -0.476 e. The number of anilines is 1. The summed E-state index contributed by atoms with van der Waals surface area (Å²) in [4.78, 5) is 10.7. The molecule has 0 aliphatic heterocycles. The summed E-state index contributed by atoms with van der Waals surface area (Å²) in [6.07, 6.45) is 0. The minimum atomic E-state index is -1.13. The molecule has 1 heterocycles. The number of nitrogens with one attached hydrogen (secondary N) is 1. The summed E-state index contributed by atoms with van der Waals surface area (Å²) in [7, 11) is 0. The lowest BCUT2D eigenvalue weighted by molar-refractivity contribution is 0.0686. The molecular weight excluding hydrogens is 236 g/mol. The number of aliphatic hydroxyl groups is 1. The molecule has 6 heteroatoms. The normalized spacial score (nSPS) is 10.3. The van der Waals surface area contributed by atoms with Crippen LogP contribution in [0.5, 0.6) is 0 Å². The number of aromatic carboxylic acids is 1. The van der Waals surface area contributed by atoms with Crippen molar-refractivity contribution in [3.05, 3.63) is 36.0 Å². The average molecular weight is 248 g/mol. The Morgan fingerprint density at radius 3 is 2.83 bits per heavy atom. The van der Waals surface area contributed by atoms with Crippen LogP contribution in [-0.4, -0.2) is 34.5 Å². The van der Waals surface area contributed by atoms with Gasteiger partial charge in [-0.25, -0.2) is 4.79 Å². The molecule has 0 bridgehead atoms. The smallest absolute Gasteiger partial charge is 0.358 e. The molecule has 0 saturated carbocycles. The summed E-state index contributed by atoms with van der Waals surface area (Å²) < 4.78 is 5.00. The van der Waals surface area contributed by atoms with E-state index in [0.29, 0.717) is 17.9 Å². The fourth-order valence-corrected chi connectivity index (χ4v) is 1.55. The van der Waals surface area contributed by atoms with Crippen LogP contribution in [0.4, 0.5) is 5.69 Å². The zero-order valence-electron chi connectivity index (χ0n) is 9.46. The summed E-state index contributed by atoms with van der Waals surface area (Å²) in [5.41, 5.74) is 1.31. The molecule has 0 unspecified atom stereocenters. The molecule has 0 aliphatic rings. The van der Waals surface area contributed by atoms with Gasteiger partial charge in [0.1, 0.15) is 0 Å². The van der Waals surface area contributed by atoms with Gasteiger partial charge in [0.25, 0.3) is 0 Å². The fourth-order valence-electron chi connectivity index (χ4n) is 1.55. The highest BCUT2D eigenvalue weighted by Gasteiger charge is 2.14. The number of nitrogens with zero attached hydrogens (tertiary/aromatic N) is 1. The van der Waals surface area contributed by atoms with Gasteiger partial charge in [-0.15, -0.1) is 0 Å². The number of rotatable bonds is 5. The van der Waals surface area contributed by atoms with E-state index in [0.717, 1.165) is 5.69 Å². The van der Waals surface area contributed by atoms with Crippen LogP contribution in [0.25, 0.3) is 11.3 Å². The van der Waals surface area contributed by atoms with E-state index in [9.17, 15) is 4.79 Å². The van der Waals surface area contributed by atoms with Crippen molar-refractivity contribution in [2.45, 2.75) is 0 Å². The third-order valence-electron chi connectivity index (χ3n) is 2.35. The van der Waals surface area contributed by atoms with Crippen molar-refractivity contribution in [2.24, 2.45) is 0 Å². The number of benzene rings is 1. The Bertz CT molecular complexity index is 551. The molecule has 0 aliphatic carbocycles. The predicted octanol–water partition coefficient (Wildman–Crippen LogP) is 1.44. The highest BCUT2D eigenvalue weighted by Crippen LogP contribution is 2.28. The van der Waals surface area contributed by atoms with Crippen LogP contribution in [0.1, 0.15) is 10.5 Å². The van der Waals surface area contributed by atoms with E-state index in [1.165, 1.54) is 6.07 Å². The largest absolute Gasteiger partial charge is 0.476 e. The Labute approximate surface area is 103 Å². The molecule has 2 aromatic rings. The summed E-state index contributed by atoms with van der Waals surface area (Å²) in [6.45, 7) is 0.405. The van der Waals surface area contributed by atoms with Crippen LogP contribution in [0, 0.1) is 0 Å². The van der Waals surface area contributed by atoms with E-state index < -0.39 is 5.97 Å². The molecule has 2 rings (SSSR count). The zero-order chi connectivity index (χ0) is 13.0. The molecule has 6 nitrogen and oxygen atoms in total. The van der Waals surface area contributed by atoms with Crippen molar-refractivity contribution in [3.63, 3.8) is 0 Å². The van der Waals surface area contributed by atoms with Gasteiger partial charge in [-0.3, -0.25) is 0 Å². The lowest BCUT2D eigenvalue weighted by atomic mass is 10.1. The monoisotopic (exact) mass is 248 g/mol. The topological polar surface area (TPSA) is 95.6 Å². The minimum absolute atomic E-state index is 0.00507. The Hall–Kier alpha value is -2.34. The first-order valence-corrected chi connectivity index (χ1v) is 5.36. The van der Waals surface area contributed by atoms with Crippen LogP contribution in [-0.2, 0) is 0 Å². The van der Waals surface area contributed by atoms with Crippen LogP contribution >= 0.6 is 0 Å². The molecule has 18 heavy (non-hydrogen) atoms. The Morgan fingerprint density at radius 2 is 2.17 bits per heavy atom. The van der Waals surface area contributed by atoms with E-state index in [2.05, 4.69) is 10.5 Å². The molecule has 1 aromatic carbocycles. The number of hydrogen-bond donors (Lipinski definition) is 3. The SMILES string of the molecule is O=C(O)c1cc(-c2ccccc2NCCO)on1. The number of carboxylic acids is 1. The van der Waals surface area contributed by atoms with E-state index in [4.69, 9.17) is 14.7 Å². The van der Waals surface area contributed by atoms with Crippen LogP contribution in [0.3, 0.4) is 0 Å². The molecule has 0 saturated heterocycles. The maximum absolute atomic E-state index is 10.7. The molecule has 94 valence electrons. The van der Waals surface area contributed by atoms with Gasteiger partial charge < -0.3 is 20.1 Å². The summed E-state index contributed by atoms with van der Waals surface area (Å²) >= 11 is 0. The molecule has 3 N–H and O–H groups in total. The average Bonchev–Trinajstić information content (AvgIpc) is 2.86. The zero-order valence-corrected chi connectivity index (χ0v) is 9.46. The molecular formula is C12H12N2O4. The van der Waals surface area contributed by atoms with Crippen molar-refractivity contribution in [2.75, 3.05) is 18.5 Å². The number of carbonyl (C=O) groups is 1. The van der Waals surface area contributed by atoms with Gasteiger partial charge in [0.05, 0.1) is 6.61 Å². The third-order valence-corrected chi connectivity index (χ3v) is 2.35. The van der Waals surface area contributed by atoms with E-state index >= 15 is 0 Å². The Morgan fingerprint density at radius 1 is 1.39 bits per heavy atom. The quantitative estimate of drug-likeness (QED) is 0.741. The second-order valence-corrected chi connectivity index (χ2v) is 3.58. The lowest BCUT2D eigenvalue weighted by Gasteiger charge is -2.08. The number of aliphatic hydroxyl groups excluding tert-OH is 1. The number of para-hydroxylation sites is 1. The first-order chi connectivity index (χ1) is 8.72. The van der Waals surface area contributed by atoms with Gasteiger partial charge in [0.15, 0.2) is 11.5 Å². The Kier molecular flexibility index (Phi) is 3.59. The number of hydrogen-bond acceptors (Lipinski definition) is 5. The first-order valence-electron chi connectivity index (χ1n) is 5.36. The van der Waals surface area contributed by atoms with Gasteiger partial charge >= 0.3 is 5.97 Å². The highest BCUT2D eigenvalue weighted by molar-refractivity contribution is 5.87. The van der Waals surface area contributed by atoms with Crippen LogP contribution in [0.15, 0.2) is 34.9 Å². The van der Waals surface area contributed by atoms with Crippen molar-refractivity contribution < 1.29 is 19.5 Å². The number of carboxylic acid groups (broad SMARTS) is 1. The van der Waals surface area contributed by atoms with Crippen LogP contribution < -0.4 is 5.32 Å². The van der Waals surface area contributed by atoms with Gasteiger partial charge in [0.2, 0.25) is 0 Å². The number of aromatic nitrogens is 1. The standard InChI is InChI=1S/C12H12N2O4/c15-6-5-13-9-4-2-1-3-8(9)11-7-10(12(16)17)14-18-11/h1-4,7,13,15H,5-6H2,(H,16,17). The fraction of sp³-hybridized carbons (Fsp3) is 0.167. The molecule has 1 aromatic heterocycles. The lowest BCUT2D eigenvalue weighted by Crippen LogP contribution is -2.06. The van der Waals surface area contributed by atoms with Gasteiger partial charge in [-0.1, -0.05) is 17.3 Å². The van der Waals surface area contributed by atoms with Crippen molar-refractivity contribution >= 4 is 11.7 Å². The molecule has 0 radical (unpaired) electrons. The maximum Gasteiger partial charge on any atom is 0.358 e. The summed E-state index contributed by atoms with van der Waals surface area (Å²) in [6, 6.07) is 8.60. The molecule has 0 fully saturated rings. The third kappa shape index (κ3) is 2.49. The molecule has 0 spiro atoms. The summed E-state index contributed by atoms with van der Waals surface area (Å²) in [5.74, 6) is -0.765. The first kappa shape index (κ1) is 12.1. The van der Waals surface area contributed by atoms with Gasteiger partial charge in [-0.05, 0) is 12.1 Å². The molecule has 0 atom stereocenters. The molecule has 0 amide bonds. The van der Waals surface area contributed by atoms with Gasteiger partial charge in [-0.2, -0.15) is 0 Å². The second-order valence-electron chi connectivity index (χ2n) is 3.58. The predicted molar refractivity (Wildman–Crippen MR) is 64.5 cm³/mol. The second kappa shape index (κ2) is 5.33. The maximum atomic E-state index is 10.7. The van der Waals surface area contributed by atoms with E-state index in [1.54, 1.807) is 6.07 Å². The Balaban J connectivity index is 2.33. The van der Waals surface area contributed by atoms with Crippen LogP contribution in [0.2, 0.25) is 0 Å². The van der Waals surface area contributed by atoms with E-state index in [1.807, 2.05) is 18.2 Å². The van der Waals surface area contributed by atoms with Crippen molar-refractivity contribution in [1.29, 1.82) is 0 Å². The van der Waals surface area contributed by atoms with Crippen molar-refractivity contribution in [1.82, 2.24) is 5.16 Å².